The van der Waals surface area contributed by atoms with Crippen LogP contribution in [0.15, 0.2) is 34.3 Å². The van der Waals surface area contributed by atoms with Crippen molar-refractivity contribution in [2.45, 2.75) is 0 Å². The highest BCUT2D eigenvalue weighted by Crippen LogP contribution is 2.04. The number of hydrogen-bond acceptors (Lipinski definition) is 5. The van der Waals surface area contributed by atoms with Crippen LogP contribution in [0.5, 0.6) is 0 Å². The molecule has 0 bridgehead atoms. The fraction of sp³-hybridized carbons (Fsp3) is 0. The normalized spacial score (nSPS) is 12.6. The van der Waals surface area contributed by atoms with Gasteiger partial charge in [0, 0.05) is 4.88 Å². The van der Waals surface area contributed by atoms with Crippen molar-refractivity contribution in [2.75, 3.05) is 0 Å². The van der Waals surface area contributed by atoms with Crippen molar-refractivity contribution >= 4 is 23.8 Å². The third-order valence-electron chi connectivity index (χ3n) is 1.30. The molecule has 0 aliphatic carbocycles. The fourth-order valence-corrected chi connectivity index (χ4v) is 1.25. The minimum atomic E-state index is -0.840. The van der Waals surface area contributed by atoms with Crippen LogP contribution in [0.3, 0.4) is 0 Å². The van der Waals surface area contributed by atoms with Gasteiger partial charge in [-0.15, -0.1) is 11.3 Å². The summed E-state index contributed by atoms with van der Waals surface area (Å²) in [5.74, 6) is -1.11. The highest BCUT2D eigenvalue weighted by Gasteiger charge is 1.95. The van der Waals surface area contributed by atoms with Gasteiger partial charge in [-0.3, -0.25) is 5.43 Å². The molecule has 74 valence electrons. The molecule has 4 nitrogen and oxygen atoms in total. The third-order valence-corrected chi connectivity index (χ3v) is 2.11. The first kappa shape index (κ1) is 10.4. The van der Waals surface area contributed by atoms with Crippen molar-refractivity contribution in [3.05, 3.63) is 34.0 Å². The average Bonchev–Trinajstić information content (AvgIpc) is 2.69. The third kappa shape index (κ3) is 2.98. The van der Waals surface area contributed by atoms with Crippen LogP contribution in [0.2, 0.25) is 0 Å². The molecular formula is C8H9FN4S. The van der Waals surface area contributed by atoms with Gasteiger partial charge in [-0.1, -0.05) is 6.07 Å². The monoisotopic (exact) mass is 212 g/mol. The summed E-state index contributed by atoms with van der Waals surface area (Å²) >= 11 is 1.50. The zero-order chi connectivity index (χ0) is 10.4. The van der Waals surface area contributed by atoms with E-state index < -0.39 is 5.83 Å². The molecule has 0 unspecified atom stereocenters. The van der Waals surface area contributed by atoms with Gasteiger partial charge in [0.25, 0.3) is 0 Å². The zero-order valence-electron chi connectivity index (χ0n) is 7.20. The summed E-state index contributed by atoms with van der Waals surface area (Å²) in [5.41, 5.74) is 7.48. The molecule has 0 radical (unpaired) electrons. The molecule has 0 saturated carbocycles. The molecule has 1 aromatic heterocycles. The van der Waals surface area contributed by atoms with Crippen molar-refractivity contribution in [2.24, 2.45) is 10.8 Å². The van der Waals surface area contributed by atoms with Crippen LogP contribution in [0, 0.1) is 5.41 Å². The molecule has 1 aromatic rings. The number of nitrogens with two attached hydrogens (primary N) is 1. The van der Waals surface area contributed by atoms with Gasteiger partial charge in [-0.25, -0.2) is 4.39 Å². The summed E-state index contributed by atoms with van der Waals surface area (Å²) in [6.45, 7) is 0. The molecule has 0 aliphatic rings. The Kier molecular flexibility index (Phi) is 3.81. The number of halogens is 1. The van der Waals surface area contributed by atoms with E-state index in [0.717, 1.165) is 4.88 Å². The lowest BCUT2D eigenvalue weighted by Gasteiger charge is -1.97. The summed E-state index contributed by atoms with van der Waals surface area (Å²) in [6.07, 6.45) is 2.04. The van der Waals surface area contributed by atoms with Crippen molar-refractivity contribution in [1.29, 1.82) is 5.41 Å². The Hall–Kier alpha value is -1.69. The van der Waals surface area contributed by atoms with Crippen LogP contribution in [0.25, 0.3) is 0 Å². The SMILES string of the molecule is N=C/C(F)=C(\N)N/N=C/c1cccs1. The van der Waals surface area contributed by atoms with Gasteiger partial charge in [-0.2, -0.15) is 5.10 Å². The first-order valence-electron chi connectivity index (χ1n) is 3.72. The van der Waals surface area contributed by atoms with Gasteiger partial charge in [0.2, 0.25) is 0 Å². The van der Waals surface area contributed by atoms with Crippen LogP contribution in [-0.2, 0) is 0 Å². The summed E-state index contributed by atoms with van der Waals surface area (Å²) in [5, 5.41) is 12.2. The van der Waals surface area contributed by atoms with Gasteiger partial charge >= 0.3 is 0 Å². The first-order chi connectivity index (χ1) is 6.74. The van der Waals surface area contributed by atoms with E-state index in [9.17, 15) is 4.39 Å². The van der Waals surface area contributed by atoms with E-state index in [4.69, 9.17) is 11.1 Å². The summed E-state index contributed by atoms with van der Waals surface area (Å²) in [4.78, 5) is 0.931. The molecule has 0 aromatic carbocycles. The van der Waals surface area contributed by atoms with Gasteiger partial charge in [0.1, 0.15) is 0 Å². The van der Waals surface area contributed by atoms with Crippen LogP contribution >= 0.6 is 11.3 Å². The molecule has 1 rings (SSSR count). The molecule has 0 saturated heterocycles. The quantitative estimate of drug-likeness (QED) is 0.521. The predicted octanol–water partition coefficient (Wildman–Crippen LogP) is 1.42. The number of thiophene rings is 1. The Bertz CT molecular complexity index is 355. The van der Waals surface area contributed by atoms with E-state index in [2.05, 4.69) is 10.5 Å². The lowest BCUT2D eigenvalue weighted by Crippen LogP contribution is -2.16. The van der Waals surface area contributed by atoms with Gasteiger partial charge in [0.15, 0.2) is 11.6 Å². The zero-order valence-corrected chi connectivity index (χ0v) is 8.01. The second-order valence-corrected chi connectivity index (χ2v) is 3.27. The molecule has 0 fully saturated rings. The molecule has 0 amide bonds. The lowest BCUT2D eigenvalue weighted by atomic mass is 10.5. The predicted molar refractivity (Wildman–Crippen MR) is 56.2 cm³/mol. The molecule has 14 heavy (non-hydrogen) atoms. The van der Waals surface area contributed by atoms with E-state index in [1.807, 2.05) is 17.5 Å². The molecule has 0 atom stereocenters. The summed E-state index contributed by atoms with van der Waals surface area (Å²) in [6, 6.07) is 3.74. The minimum Gasteiger partial charge on any atom is -0.382 e. The van der Waals surface area contributed by atoms with Crippen LogP contribution in [0.1, 0.15) is 4.88 Å². The molecule has 4 N–H and O–H groups in total. The average molecular weight is 212 g/mol. The number of hydrogen-bond donors (Lipinski definition) is 3. The van der Waals surface area contributed by atoms with Crippen molar-refractivity contribution < 1.29 is 4.39 Å². The topological polar surface area (TPSA) is 74.3 Å². The van der Waals surface area contributed by atoms with Crippen molar-refractivity contribution in [3.63, 3.8) is 0 Å². The Morgan fingerprint density at radius 1 is 1.71 bits per heavy atom. The van der Waals surface area contributed by atoms with Gasteiger partial charge < -0.3 is 11.1 Å². The standard InChI is InChI=1S/C8H9FN4S/c9-7(4-10)8(11)13-12-5-6-2-1-3-14-6/h1-5,10,13H,11H2/b8-7-,10-4?,12-5+. The van der Waals surface area contributed by atoms with E-state index in [0.29, 0.717) is 6.21 Å². The molecule has 0 aliphatic heterocycles. The van der Waals surface area contributed by atoms with E-state index >= 15 is 0 Å². The van der Waals surface area contributed by atoms with Crippen molar-refractivity contribution in [1.82, 2.24) is 5.43 Å². The van der Waals surface area contributed by atoms with E-state index in [1.165, 1.54) is 17.6 Å². The smallest absolute Gasteiger partial charge is 0.182 e. The number of nitrogens with one attached hydrogen (secondary N) is 2. The Morgan fingerprint density at radius 2 is 2.50 bits per heavy atom. The van der Waals surface area contributed by atoms with Gasteiger partial charge in [0.05, 0.1) is 12.4 Å². The second kappa shape index (κ2) is 5.13. The van der Waals surface area contributed by atoms with Crippen LogP contribution in [0.4, 0.5) is 4.39 Å². The fourth-order valence-electron chi connectivity index (χ4n) is 0.661. The van der Waals surface area contributed by atoms with Crippen molar-refractivity contribution in [3.8, 4) is 0 Å². The summed E-state index contributed by atoms with van der Waals surface area (Å²) < 4.78 is 12.6. The molecular weight excluding hydrogens is 203 g/mol. The van der Waals surface area contributed by atoms with Gasteiger partial charge in [-0.05, 0) is 11.4 Å². The second-order valence-electron chi connectivity index (χ2n) is 2.29. The highest BCUT2D eigenvalue weighted by atomic mass is 32.1. The van der Waals surface area contributed by atoms with Crippen LogP contribution in [-0.4, -0.2) is 12.4 Å². The maximum absolute atomic E-state index is 12.6. The minimum absolute atomic E-state index is 0.271. The summed E-state index contributed by atoms with van der Waals surface area (Å²) in [7, 11) is 0. The lowest BCUT2D eigenvalue weighted by molar-refractivity contribution is 0.649. The van der Waals surface area contributed by atoms with E-state index in [1.54, 1.807) is 0 Å². The largest absolute Gasteiger partial charge is 0.382 e. The Labute approximate surface area is 84.4 Å². The number of hydrazone groups is 1. The van der Waals surface area contributed by atoms with Crippen LogP contribution < -0.4 is 11.2 Å². The molecule has 1 heterocycles. The first-order valence-corrected chi connectivity index (χ1v) is 4.60. The Morgan fingerprint density at radius 3 is 3.07 bits per heavy atom. The molecule has 6 heteroatoms. The number of rotatable bonds is 4. The number of allylic oxidation sites excluding steroid dienone is 1. The Balaban J connectivity index is 2.53. The number of nitrogens with zero attached hydrogens (tertiary/aromatic N) is 1. The maximum Gasteiger partial charge on any atom is 0.182 e. The maximum atomic E-state index is 12.6. The van der Waals surface area contributed by atoms with E-state index in [-0.39, 0.29) is 5.82 Å². The molecule has 0 spiro atoms. The highest BCUT2D eigenvalue weighted by molar-refractivity contribution is 7.11.